The van der Waals surface area contributed by atoms with Crippen molar-refractivity contribution in [2.45, 2.75) is 45.8 Å². The van der Waals surface area contributed by atoms with Gasteiger partial charge in [0.1, 0.15) is 5.75 Å². The van der Waals surface area contributed by atoms with Gasteiger partial charge in [-0.2, -0.15) is 0 Å². The Balaban J connectivity index is 1.83. The third kappa shape index (κ3) is 4.87. The summed E-state index contributed by atoms with van der Waals surface area (Å²) in [5.74, 6) is 0.938. The van der Waals surface area contributed by atoms with Crippen LogP contribution in [0.1, 0.15) is 38.1 Å². The van der Waals surface area contributed by atoms with Crippen molar-refractivity contribution in [1.29, 1.82) is 0 Å². The molecule has 21 heavy (non-hydrogen) atoms. The summed E-state index contributed by atoms with van der Waals surface area (Å²) >= 11 is 1.83. The first-order valence-electron chi connectivity index (χ1n) is 7.48. The van der Waals surface area contributed by atoms with Gasteiger partial charge in [0.25, 0.3) is 0 Å². The van der Waals surface area contributed by atoms with E-state index in [-0.39, 0.29) is 11.5 Å². The quantitative estimate of drug-likeness (QED) is 0.807. The molecule has 2 nitrogen and oxygen atoms in total. The normalized spacial score (nSPS) is 11.9. The van der Waals surface area contributed by atoms with Crippen molar-refractivity contribution >= 4 is 11.3 Å². The molecule has 3 heteroatoms. The minimum atomic E-state index is 0.175. The van der Waals surface area contributed by atoms with E-state index in [1.807, 2.05) is 37.3 Å². The predicted molar refractivity (Wildman–Crippen MR) is 91.3 cm³/mol. The van der Waals surface area contributed by atoms with Crippen LogP contribution in [0, 0.1) is 0 Å². The van der Waals surface area contributed by atoms with Crippen molar-refractivity contribution in [1.82, 2.24) is 5.32 Å². The molecule has 0 aliphatic heterocycles. The van der Waals surface area contributed by atoms with E-state index in [1.54, 1.807) is 0 Å². The number of benzene rings is 1. The second-order valence-corrected chi connectivity index (χ2v) is 7.22. The zero-order valence-electron chi connectivity index (χ0n) is 13.3. The Hall–Kier alpha value is -1.32. The summed E-state index contributed by atoms with van der Waals surface area (Å²) in [7, 11) is 0. The van der Waals surface area contributed by atoms with Crippen LogP contribution >= 0.6 is 11.3 Å². The van der Waals surface area contributed by atoms with Gasteiger partial charge in [0, 0.05) is 23.4 Å². The van der Waals surface area contributed by atoms with Crippen LogP contribution in [0.3, 0.4) is 0 Å². The lowest BCUT2D eigenvalue weighted by Crippen LogP contribution is -2.31. The average Bonchev–Trinajstić information content (AvgIpc) is 2.95. The number of hydrogen-bond acceptors (Lipinski definition) is 3. The van der Waals surface area contributed by atoms with Crippen molar-refractivity contribution in [2.24, 2.45) is 0 Å². The van der Waals surface area contributed by atoms with Gasteiger partial charge in [0.2, 0.25) is 0 Å². The molecule has 0 radical (unpaired) electrons. The van der Waals surface area contributed by atoms with Crippen LogP contribution < -0.4 is 10.1 Å². The maximum atomic E-state index is 5.66. The Bertz CT molecular complexity index is 529. The Morgan fingerprint density at radius 3 is 2.43 bits per heavy atom. The average molecular weight is 303 g/mol. The van der Waals surface area contributed by atoms with Crippen LogP contribution in [0.25, 0.3) is 0 Å². The molecule has 2 rings (SSSR count). The second kappa shape index (κ2) is 7.10. The molecule has 0 aliphatic carbocycles. The van der Waals surface area contributed by atoms with Crippen molar-refractivity contribution in [3.05, 3.63) is 52.2 Å². The fourth-order valence-corrected chi connectivity index (χ4v) is 3.08. The van der Waals surface area contributed by atoms with Crippen LogP contribution in [-0.4, -0.2) is 12.6 Å². The van der Waals surface area contributed by atoms with E-state index in [0.717, 1.165) is 18.8 Å². The van der Waals surface area contributed by atoms with E-state index in [0.29, 0.717) is 0 Å². The number of ether oxygens (including phenoxy) is 1. The van der Waals surface area contributed by atoms with Crippen molar-refractivity contribution in [3.8, 4) is 5.75 Å². The maximum Gasteiger partial charge on any atom is 0.119 e. The molecular weight excluding hydrogens is 278 g/mol. The highest BCUT2D eigenvalue weighted by Gasteiger charge is 2.20. The summed E-state index contributed by atoms with van der Waals surface area (Å²) < 4.78 is 5.66. The van der Waals surface area contributed by atoms with E-state index in [4.69, 9.17) is 4.74 Å². The monoisotopic (exact) mass is 303 g/mol. The molecule has 0 spiro atoms. The number of hydrogen-bond donors (Lipinski definition) is 1. The molecule has 0 atom stereocenters. The van der Waals surface area contributed by atoms with Crippen LogP contribution in [0.2, 0.25) is 0 Å². The van der Waals surface area contributed by atoms with Gasteiger partial charge in [-0.25, -0.2) is 0 Å². The number of nitrogens with one attached hydrogen (secondary N) is 1. The van der Waals surface area contributed by atoms with Gasteiger partial charge in [0.15, 0.2) is 0 Å². The van der Waals surface area contributed by atoms with Crippen molar-refractivity contribution < 1.29 is 4.74 Å². The van der Waals surface area contributed by atoms with Gasteiger partial charge in [-0.3, -0.25) is 0 Å². The zero-order chi connectivity index (χ0) is 15.3. The van der Waals surface area contributed by atoms with Crippen LogP contribution in [0.5, 0.6) is 5.75 Å². The minimum absolute atomic E-state index is 0.175. The third-order valence-electron chi connectivity index (χ3n) is 3.38. The molecule has 2 aromatic rings. The van der Waals surface area contributed by atoms with E-state index >= 15 is 0 Å². The molecule has 0 bridgehead atoms. The molecule has 0 fully saturated rings. The van der Waals surface area contributed by atoms with Crippen molar-refractivity contribution in [3.63, 3.8) is 0 Å². The summed E-state index contributed by atoms with van der Waals surface area (Å²) in [6, 6.07) is 12.7. The van der Waals surface area contributed by atoms with Crippen LogP contribution in [0.15, 0.2) is 41.8 Å². The van der Waals surface area contributed by atoms with Crippen molar-refractivity contribution in [2.75, 3.05) is 6.54 Å². The Labute approximate surface area is 132 Å². The highest BCUT2D eigenvalue weighted by Crippen LogP contribution is 2.26. The molecule has 0 amide bonds. The lowest BCUT2D eigenvalue weighted by atomic mass is 9.91. The molecule has 1 N–H and O–H groups in total. The first kappa shape index (κ1) is 16.1. The van der Waals surface area contributed by atoms with Gasteiger partial charge >= 0.3 is 0 Å². The lowest BCUT2D eigenvalue weighted by Gasteiger charge is -2.23. The Morgan fingerprint density at radius 1 is 1.14 bits per heavy atom. The van der Waals surface area contributed by atoms with E-state index in [9.17, 15) is 0 Å². The molecular formula is C18H25NOS. The largest absolute Gasteiger partial charge is 0.491 e. The standard InChI is InChI=1S/C18H25NOS/c1-14(2)20-16-9-7-15(8-10-16)12-19-13-18(3,4)17-6-5-11-21-17/h5-11,14,19H,12-13H2,1-4H3. The van der Waals surface area contributed by atoms with Gasteiger partial charge in [0.05, 0.1) is 6.10 Å². The number of thiophene rings is 1. The fraction of sp³-hybridized carbons (Fsp3) is 0.444. The van der Waals surface area contributed by atoms with Gasteiger partial charge in [-0.05, 0) is 43.0 Å². The number of rotatable bonds is 7. The molecule has 0 saturated heterocycles. The van der Waals surface area contributed by atoms with Crippen LogP contribution in [0.4, 0.5) is 0 Å². The first-order valence-corrected chi connectivity index (χ1v) is 8.35. The minimum Gasteiger partial charge on any atom is -0.491 e. The Kier molecular flexibility index (Phi) is 5.43. The van der Waals surface area contributed by atoms with Gasteiger partial charge in [-0.15, -0.1) is 11.3 Å². The van der Waals surface area contributed by atoms with E-state index in [2.05, 4.69) is 48.8 Å². The zero-order valence-corrected chi connectivity index (χ0v) is 14.2. The van der Waals surface area contributed by atoms with Gasteiger partial charge < -0.3 is 10.1 Å². The van der Waals surface area contributed by atoms with E-state index in [1.165, 1.54) is 10.4 Å². The second-order valence-electron chi connectivity index (χ2n) is 6.28. The topological polar surface area (TPSA) is 21.3 Å². The molecule has 0 saturated carbocycles. The first-order chi connectivity index (χ1) is 9.97. The smallest absolute Gasteiger partial charge is 0.119 e. The molecule has 1 aromatic carbocycles. The summed E-state index contributed by atoms with van der Waals surface area (Å²) in [6.45, 7) is 10.5. The van der Waals surface area contributed by atoms with Gasteiger partial charge in [-0.1, -0.05) is 32.0 Å². The molecule has 0 unspecified atom stereocenters. The summed E-state index contributed by atoms with van der Waals surface area (Å²) in [5, 5.41) is 5.70. The highest BCUT2D eigenvalue weighted by molar-refractivity contribution is 7.10. The van der Waals surface area contributed by atoms with Crippen LogP contribution in [-0.2, 0) is 12.0 Å². The Morgan fingerprint density at radius 2 is 1.86 bits per heavy atom. The molecule has 1 heterocycles. The molecule has 114 valence electrons. The third-order valence-corrected chi connectivity index (χ3v) is 4.62. The summed E-state index contributed by atoms with van der Waals surface area (Å²) in [5.41, 5.74) is 1.46. The maximum absolute atomic E-state index is 5.66. The summed E-state index contributed by atoms with van der Waals surface area (Å²) in [4.78, 5) is 1.43. The fourth-order valence-electron chi connectivity index (χ4n) is 2.23. The van der Waals surface area contributed by atoms with E-state index < -0.39 is 0 Å². The highest BCUT2D eigenvalue weighted by atomic mass is 32.1. The molecule has 0 aliphatic rings. The predicted octanol–water partition coefficient (Wildman–Crippen LogP) is 4.60. The summed E-state index contributed by atoms with van der Waals surface area (Å²) in [6.07, 6.45) is 0.223. The lowest BCUT2D eigenvalue weighted by molar-refractivity contribution is 0.242. The SMILES string of the molecule is CC(C)Oc1ccc(CNCC(C)(C)c2cccs2)cc1. The molecule has 1 aromatic heterocycles.